The second-order valence-electron chi connectivity index (χ2n) is 7.41. The Kier molecular flexibility index (Phi) is 5.09. The van der Waals surface area contributed by atoms with Crippen molar-refractivity contribution in [1.29, 1.82) is 5.26 Å². The number of halogens is 2. The van der Waals surface area contributed by atoms with Gasteiger partial charge in [-0.15, -0.1) is 0 Å². The molecular weight excluding hydrogens is 364 g/mol. The number of fused-ring (bicyclic) bond motifs is 1. The number of benzene rings is 1. The zero-order valence-electron chi connectivity index (χ0n) is 15.3. The molecule has 2 aromatic rings. The minimum absolute atomic E-state index is 0.00114. The van der Waals surface area contributed by atoms with Crippen molar-refractivity contribution in [3.63, 3.8) is 0 Å². The summed E-state index contributed by atoms with van der Waals surface area (Å²) in [4.78, 5) is 19.9. The van der Waals surface area contributed by atoms with Crippen molar-refractivity contribution in [3.05, 3.63) is 36.3 Å². The lowest BCUT2D eigenvalue weighted by molar-refractivity contribution is -0.132. The Morgan fingerprint density at radius 2 is 2.25 bits per heavy atom. The molecule has 1 amide bonds. The predicted octanol–water partition coefficient (Wildman–Crippen LogP) is 2.32. The van der Waals surface area contributed by atoms with Crippen LogP contribution in [0.4, 0.5) is 14.5 Å². The molecule has 146 valence electrons. The van der Waals surface area contributed by atoms with Gasteiger partial charge in [0.05, 0.1) is 30.9 Å². The molecule has 3 heterocycles. The number of carbonyl (C=O) groups excluding carboxylic acids is 1. The van der Waals surface area contributed by atoms with E-state index in [4.69, 9.17) is 5.26 Å². The van der Waals surface area contributed by atoms with Gasteiger partial charge < -0.3 is 10.2 Å². The maximum atomic E-state index is 13.6. The van der Waals surface area contributed by atoms with Gasteiger partial charge >= 0.3 is 0 Å². The van der Waals surface area contributed by atoms with Crippen LogP contribution < -0.4 is 5.32 Å². The minimum Gasteiger partial charge on any atom is -0.380 e. The van der Waals surface area contributed by atoms with E-state index in [1.807, 2.05) is 29.2 Å². The zero-order chi connectivity index (χ0) is 19.7. The van der Waals surface area contributed by atoms with Crippen LogP contribution >= 0.6 is 0 Å². The highest BCUT2D eigenvalue weighted by Crippen LogP contribution is 2.25. The number of rotatable bonds is 4. The van der Waals surface area contributed by atoms with E-state index in [-0.39, 0.29) is 37.3 Å². The first-order chi connectivity index (χ1) is 13.5. The lowest BCUT2D eigenvalue weighted by atomic mass is 10.1. The van der Waals surface area contributed by atoms with Crippen LogP contribution in [-0.2, 0) is 4.79 Å². The Morgan fingerprint density at radius 1 is 1.39 bits per heavy atom. The first-order valence-corrected chi connectivity index (χ1v) is 9.40. The van der Waals surface area contributed by atoms with E-state index in [0.29, 0.717) is 12.1 Å². The fraction of sp³-hybridized carbons (Fsp3) is 0.450. The topological polar surface area (TPSA) is 72.3 Å². The number of nitrogens with one attached hydrogen (secondary N) is 1. The van der Waals surface area contributed by atoms with E-state index < -0.39 is 12.2 Å². The molecular formula is C20H21F2N5O. The third kappa shape index (κ3) is 3.76. The Balaban J connectivity index is 1.38. The Bertz CT molecular complexity index is 930. The number of anilines is 1. The van der Waals surface area contributed by atoms with E-state index in [2.05, 4.69) is 10.3 Å². The maximum absolute atomic E-state index is 13.6. The lowest BCUT2D eigenvalue weighted by Crippen LogP contribution is -2.42. The molecule has 0 spiro atoms. The van der Waals surface area contributed by atoms with Gasteiger partial charge in [0.15, 0.2) is 0 Å². The van der Waals surface area contributed by atoms with Gasteiger partial charge in [-0.05, 0) is 24.6 Å². The van der Waals surface area contributed by atoms with Gasteiger partial charge in [-0.3, -0.25) is 14.7 Å². The van der Waals surface area contributed by atoms with Gasteiger partial charge in [-0.2, -0.15) is 5.26 Å². The molecule has 28 heavy (non-hydrogen) atoms. The Hall–Kier alpha value is -2.79. The molecule has 0 saturated carbocycles. The molecule has 1 aromatic carbocycles. The number of pyridine rings is 1. The van der Waals surface area contributed by atoms with Crippen molar-refractivity contribution in [3.8, 4) is 6.07 Å². The van der Waals surface area contributed by atoms with Crippen LogP contribution in [0.25, 0.3) is 10.9 Å². The van der Waals surface area contributed by atoms with Crippen LogP contribution in [0, 0.1) is 17.1 Å². The van der Waals surface area contributed by atoms with E-state index in [1.165, 1.54) is 17.2 Å². The lowest BCUT2D eigenvalue weighted by Gasteiger charge is -2.23. The summed E-state index contributed by atoms with van der Waals surface area (Å²) in [6.07, 6.45) is 1.00. The van der Waals surface area contributed by atoms with Gasteiger partial charge in [-0.25, -0.2) is 8.78 Å². The smallest absolute Gasteiger partial charge is 0.237 e. The standard InChI is InChI=1S/C20H21F2N5O/c21-13-7-17-18(24-9-13)2-1-3-19(17)25-15-4-5-26(11-15)12-20(28)27-10-14(22)6-16(27)8-23/h1-3,7,9,14-16,25H,4-6,10-12H2/t14-,15+,16?/m0/s1. The third-order valence-corrected chi connectivity index (χ3v) is 5.40. The molecule has 2 aliphatic rings. The summed E-state index contributed by atoms with van der Waals surface area (Å²) in [7, 11) is 0. The fourth-order valence-electron chi connectivity index (χ4n) is 4.03. The maximum Gasteiger partial charge on any atom is 0.237 e. The number of amides is 1. The molecule has 0 radical (unpaired) electrons. The van der Waals surface area contributed by atoms with Crippen molar-refractivity contribution in [2.45, 2.75) is 31.1 Å². The van der Waals surface area contributed by atoms with Gasteiger partial charge in [0.1, 0.15) is 18.0 Å². The highest BCUT2D eigenvalue weighted by molar-refractivity contribution is 5.91. The van der Waals surface area contributed by atoms with E-state index >= 15 is 0 Å². The highest BCUT2D eigenvalue weighted by Gasteiger charge is 2.36. The second kappa shape index (κ2) is 7.68. The number of hydrogen-bond donors (Lipinski definition) is 1. The van der Waals surface area contributed by atoms with E-state index in [1.54, 1.807) is 0 Å². The minimum atomic E-state index is -1.12. The van der Waals surface area contributed by atoms with Crippen LogP contribution in [-0.4, -0.2) is 65.1 Å². The monoisotopic (exact) mass is 385 g/mol. The number of nitrogens with zero attached hydrogens (tertiary/aromatic N) is 4. The molecule has 2 aliphatic heterocycles. The summed E-state index contributed by atoms with van der Waals surface area (Å²) >= 11 is 0. The zero-order valence-corrected chi connectivity index (χ0v) is 15.3. The quantitative estimate of drug-likeness (QED) is 0.875. The van der Waals surface area contributed by atoms with Gasteiger partial charge in [-0.1, -0.05) is 6.07 Å². The van der Waals surface area contributed by atoms with E-state index in [0.717, 1.165) is 24.0 Å². The van der Waals surface area contributed by atoms with Gasteiger partial charge in [0, 0.05) is 36.6 Å². The predicted molar refractivity (Wildman–Crippen MR) is 101 cm³/mol. The average Bonchev–Trinajstić information content (AvgIpc) is 3.28. The molecule has 0 bridgehead atoms. The molecule has 4 rings (SSSR count). The van der Waals surface area contributed by atoms with Crippen LogP contribution in [0.2, 0.25) is 0 Å². The molecule has 1 aromatic heterocycles. The molecule has 2 saturated heterocycles. The summed E-state index contributed by atoms with van der Waals surface area (Å²) in [5.41, 5.74) is 1.53. The van der Waals surface area contributed by atoms with E-state index in [9.17, 15) is 13.6 Å². The number of carbonyl (C=O) groups is 1. The average molecular weight is 385 g/mol. The van der Waals surface area contributed by atoms with Crippen molar-refractivity contribution in [1.82, 2.24) is 14.8 Å². The van der Waals surface area contributed by atoms with Crippen LogP contribution in [0.3, 0.4) is 0 Å². The number of aromatic nitrogens is 1. The van der Waals surface area contributed by atoms with Gasteiger partial charge in [0.2, 0.25) is 5.91 Å². The SMILES string of the molecule is N#CC1C[C@H](F)CN1C(=O)CN1CC[C@@H](Nc2cccc3ncc(F)cc23)C1. The molecule has 6 nitrogen and oxygen atoms in total. The molecule has 3 atom stereocenters. The van der Waals surface area contributed by atoms with Crippen LogP contribution in [0.1, 0.15) is 12.8 Å². The number of hydrogen-bond acceptors (Lipinski definition) is 5. The summed E-state index contributed by atoms with van der Waals surface area (Å²) < 4.78 is 27.1. The first kappa shape index (κ1) is 18.6. The molecule has 2 fully saturated rings. The van der Waals surface area contributed by atoms with Crippen molar-refractivity contribution < 1.29 is 13.6 Å². The largest absolute Gasteiger partial charge is 0.380 e. The molecule has 8 heteroatoms. The van der Waals surface area contributed by atoms with Crippen molar-refractivity contribution >= 4 is 22.5 Å². The van der Waals surface area contributed by atoms with Crippen LogP contribution in [0.15, 0.2) is 30.5 Å². The third-order valence-electron chi connectivity index (χ3n) is 5.40. The summed E-state index contributed by atoms with van der Waals surface area (Å²) in [5, 5.41) is 13.3. The summed E-state index contributed by atoms with van der Waals surface area (Å²) in [5.74, 6) is -0.590. The molecule has 1 unspecified atom stereocenters. The number of likely N-dealkylation sites (tertiary alicyclic amines) is 2. The fourth-order valence-corrected chi connectivity index (χ4v) is 4.03. The molecule has 1 N–H and O–H groups in total. The Labute approximate surface area is 161 Å². The summed E-state index contributed by atoms with van der Waals surface area (Å²) in [6, 6.07) is 8.51. The number of nitriles is 1. The second-order valence-corrected chi connectivity index (χ2v) is 7.41. The highest BCUT2D eigenvalue weighted by atomic mass is 19.1. The molecule has 0 aliphatic carbocycles. The van der Waals surface area contributed by atoms with Crippen molar-refractivity contribution in [2.75, 3.05) is 31.5 Å². The van der Waals surface area contributed by atoms with Crippen LogP contribution in [0.5, 0.6) is 0 Å². The van der Waals surface area contributed by atoms with Crippen molar-refractivity contribution in [2.24, 2.45) is 0 Å². The van der Waals surface area contributed by atoms with Gasteiger partial charge in [0.25, 0.3) is 0 Å². The first-order valence-electron chi connectivity index (χ1n) is 9.40. The Morgan fingerprint density at radius 3 is 3.07 bits per heavy atom. The number of alkyl halides is 1. The normalized spacial score (nSPS) is 25.2. The summed E-state index contributed by atoms with van der Waals surface area (Å²) in [6.45, 7) is 1.55.